The molecule has 4 rings (SSSR count). The summed E-state index contributed by atoms with van der Waals surface area (Å²) in [4.78, 5) is -1.22. The van der Waals surface area contributed by atoms with Gasteiger partial charge < -0.3 is 9.15 Å². The van der Waals surface area contributed by atoms with E-state index in [0.29, 0.717) is 0 Å². The van der Waals surface area contributed by atoms with Crippen LogP contribution in [0.25, 0.3) is 11.5 Å². The van der Waals surface area contributed by atoms with Crippen LogP contribution in [-0.2, 0) is 30.8 Å². The fourth-order valence-corrected chi connectivity index (χ4v) is 5.63. The zero-order valence-corrected chi connectivity index (χ0v) is 20.6. The van der Waals surface area contributed by atoms with Crippen molar-refractivity contribution >= 4 is 20.0 Å². The molecule has 0 bridgehead atoms. The predicted molar refractivity (Wildman–Crippen MR) is 119 cm³/mol. The summed E-state index contributed by atoms with van der Waals surface area (Å²) in [5.74, 6) is -0.311. The molecule has 0 spiro atoms. The van der Waals surface area contributed by atoms with Crippen LogP contribution in [0.1, 0.15) is 53.0 Å². The molecule has 0 saturated carbocycles. The number of aromatic nitrogens is 2. The van der Waals surface area contributed by atoms with Crippen molar-refractivity contribution < 1.29 is 30.5 Å². The second-order valence-electron chi connectivity index (χ2n) is 9.96. The summed E-state index contributed by atoms with van der Waals surface area (Å²) in [6.45, 7) is 11.4. The molecule has 0 atom stereocenters. The van der Waals surface area contributed by atoms with Gasteiger partial charge in [0, 0.05) is 11.0 Å². The molecule has 2 heterocycles. The van der Waals surface area contributed by atoms with Crippen LogP contribution in [0, 0.1) is 0 Å². The summed E-state index contributed by atoms with van der Waals surface area (Å²) in [5.41, 5.74) is -0.0379. The van der Waals surface area contributed by atoms with Gasteiger partial charge in [-0.15, -0.1) is 10.2 Å². The summed E-state index contributed by atoms with van der Waals surface area (Å²) < 4.78 is 72.7. The Labute approximate surface area is 192 Å². The van der Waals surface area contributed by atoms with E-state index in [-0.39, 0.29) is 33.4 Å². The Bertz CT molecular complexity index is 1490. The highest BCUT2D eigenvalue weighted by molar-refractivity contribution is 7.92. The van der Waals surface area contributed by atoms with Crippen molar-refractivity contribution in [1.82, 2.24) is 10.2 Å². The van der Waals surface area contributed by atoms with Crippen LogP contribution in [0.15, 0.2) is 49.4 Å². The number of fused-ring (bicyclic) bond motifs is 2. The quantitative estimate of drug-likeness (QED) is 0.400. The highest BCUT2D eigenvalue weighted by atomic mass is 32.2. The molecule has 1 N–H and O–H groups in total. The molecule has 176 valence electrons. The minimum absolute atomic E-state index is 0.0203. The van der Waals surface area contributed by atoms with E-state index in [9.17, 15) is 21.4 Å². The Morgan fingerprint density at radius 2 is 1.58 bits per heavy atom. The first-order valence-electron chi connectivity index (χ1n) is 10.1. The molecule has 0 saturated heterocycles. The molecule has 1 aliphatic rings. The number of hydrogen-bond acceptors (Lipinski definition) is 8. The number of ether oxygens (including phenoxy) is 1. The number of rotatable bonds is 2. The van der Waals surface area contributed by atoms with Crippen LogP contribution in [0.4, 0.5) is 0 Å². The van der Waals surface area contributed by atoms with E-state index < -0.39 is 40.9 Å². The van der Waals surface area contributed by atoms with Crippen LogP contribution < -0.4 is 4.74 Å². The van der Waals surface area contributed by atoms with Crippen molar-refractivity contribution in [3.63, 3.8) is 0 Å². The molecule has 1 aliphatic heterocycles. The predicted octanol–water partition coefficient (Wildman–Crippen LogP) is 4.52. The van der Waals surface area contributed by atoms with E-state index >= 15 is 0 Å². The lowest BCUT2D eigenvalue weighted by atomic mass is 9.87. The van der Waals surface area contributed by atoms with E-state index in [0.717, 1.165) is 11.6 Å². The fourth-order valence-electron chi connectivity index (χ4n) is 3.33. The van der Waals surface area contributed by atoms with Crippen LogP contribution >= 0.6 is 0 Å². The van der Waals surface area contributed by atoms with E-state index in [1.165, 1.54) is 18.2 Å². The van der Waals surface area contributed by atoms with Crippen molar-refractivity contribution in [2.45, 2.75) is 67.1 Å². The van der Waals surface area contributed by atoms with Gasteiger partial charge in [0.1, 0.15) is 20.4 Å². The molecule has 0 amide bonds. The van der Waals surface area contributed by atoms with Gasteiger partial charge in [0.2, 0.25) is 21.6 Å². The number of sulfone groups is 1. The van der Waals surface area contributed by atoms with Gasteiger partial charge in [-0.1, -0.05) is 47.6 Å². The Hall–Kier alpha value is -2.76. The molecular formula is C22H24N2O7S2. The first-order valence-corrected chi connectivity index (χ1v) is 13.0. The first-order chi connectivity index (χ1) is 15.0. The molecule has 0 aliphatic carbocycles. The molecule has 33 heavy (non-hydrogen) atoms. The van der Waals surface area contributed by atoms with Crippen molar-refractivity contribution in [1.29, 1.82) is 0 Å². The molecule has 0 unspecified atom stereocenters. The summed E-state index contributed by atoms with van der Waals surface area (Å²) in [6, 6.07) is 6.97. The van der Waals surface area contributed by atoms with Gasteiger partial charge in [0.15, 0.2) is 5.75 Å². The zero-order chi connectivity index (χ0) is 24.6. The third-order valence-corrected chi connectivity index (χ3v) is 7.85. The van der Waals surface area contributed by atoms with Gasteiger partial charge in [0.05, 0.1) is 0 Å². The summed E-state index contributed by atoms with van der Waals surface area (Å²) in [7, 11) is -9.07. The normalized spacial score (nSPS) is 15.5. The van der Waals surface area contributed by atoms with Crippen LogP contribution in [0.3, 0.4) is 0 Å². The molecule has 1 aromatic heterocycles. The lowest BCUT2D eigenvalue weighted by Gasteiger charge is -2.25. The monoisotopic (exact) mass is 492 g/mol. The Morgan fingerprint density at radius 1 is 0.909 bits per heavy atom. The fraction of sp³-hybridized carbons (Fsp3) is 0.364. The average molecular weight is 493 g/mol. The Kier molecular flexibility index (Phi) is 5.05. The summed E-state index contributed by atoms with van der Waals surface area (Å²) in [5, 5.41) is 7.90. The smallest absolute Gasteiger partial charge is 0.298 e. The van der Waals surface area contributed by atoms with Gasteiger partial charge in [-0.2, -0.15) is 8.42 Å². The summed E-state index contributed by atoms with van der Waals surface area (Å²) >= 11 is 0. The molecular weight excluding hydrogens is 468 g/mol. The third-order valence-electron chi connectivity index (χ3n) is 5.21. The number of hydrogen-bond donors (Lipinski definition) is 1. The Balaban J connectivity index is 1.99. The van der Waals surface area contributed by atoms with E-state index in [4.69, 9.17) is 9.15 Å². The largest absolute Gasteiger partial charge is 0.453 e. The topological polar surface area (TPSA) is 137 Å². The molecule has 9 nitrogen and oxygen atoms in total. The molecule has 0 radical (unpaired) electrons. The first kappa shape index (κ1) is 23.4. The van der Waals surface area contributed by atoms with E-state index in [1.54, 1.807) is 6.07 Å². The molecule has 11 heteroatoms. The minimum atomic E-state index is -4.86. The standard InChI is InChI=1S/C22H24N2O7S2/c1-21(2,3)13-7-8-14-15(11-13)32(25,26)16-9-12(10-17(18(16)30-14)33(27,28)29)19-23-24-20(31-19)22(4,5)6/h7-11H,1-6H3,(H,27,28,29). The summed E-state index contributed by atoms with van der Waals surface area (Å²) in [6.07, 6.45) is 0. The maximum absolute atomic E-state index is 13.6. The maximum Gasteiger partial charge on any atom is 0.298 e. The van der Waals surface area contributed by atoms with Crippen LogP contribution in [0.5, 0.6) is 11.5 Å². The highest BCUT2D eigenvalue weighted by Crippen LogP contribution is 2.48. The van der Waals surface area contributed by atoms with Crippen LogP contribution in [-0.4, -0.2) is 31.6 Å². The maximum atomic E-state index is 13.6. The van der Waals surface area contributed by atoms with Gasteiger partial charge >= 0.3 is 0 Å². The van der Waals surface area contributed by atoms with E-state index in [1.807, 2.05) is 41.5 Å². The van der Waals surface area contributed by atoms with Crippen molar-refractivity contribution in [2.75, 3.05) is 0 Å². The van der Waals surface area contributed by atoms with Crippen molar-refractivity contribution in [3.8, 4) is 23.0 Å². The van der Waals surface area contributed by atoms with Crippen molar-refractivity contribution in [3.05, 3.63) is 41.8 Å². The second kappa shape index (κ2) is 7.12. The number of nitrogens with zero attached hydrogens (tertiary/aromatic N) is 2. The average Bonchev–Trinajstić information content (AvgIpc) is 3.16. The molecule has 3 aromatic rings. The van der Waals surface area contributed by atoms with Gasteiger partial charge in [-0.3, -0.25) is 4.55 Å². The van der Waals surface area contributed by atoms with E-state index in [2.05, 4.69) is 10.2 Å². The zero-order valence-electron chi connectivity index (χ0n) is 19.0. The SMILES string of the molecule is CC(C)(C)c1ccc2c(c1)S(=O)(=O)c1cc(-c3nnc(C(C)(C)C)o3)cc(S(=O)(=O)O)c1O2. The lowest BCUT2D eigenvalue weighted by Crippen LogP contribution is -2.17. The second-order valence-corrected chi connectivity index (χ2v) is 13.2. The Morgan fingerprint density at radius 3 is 2.12 bits per heavy atom. The third kappa shape index (κ3) is 4.04. The van der Waals surface area contributed by atoms with Crippen molar-refractivity contribution in [2.24, 2.45) is 0 Å². The minimum Gasteiger partial charge on any atom is -0.453 e. The lowest BCUT2D eigenvalue weighted by molar-refractivity contribution is 0.398. The van der Waals surface area contributed by atoms with Gasteiger partial charge in [0.25, 0.3) is 10.1 Å². The molecule has 2 aromatic carbocycles. The van der Waals surface area contributed by atoms with Crippen LogP contribution in [0.2, 0.25) is 0 Å². The van der Waals surface area contributed by atoms with Gasteiger partial charge in [-0.25, -0.2) is 8.42 Å². The highest BCUT2D eigenvalue weighted by Gasteiger charge is 2.38. The van der Waals surface area contributed by atoms with Gasteiger partial charge in [-0.05, 0) is 35.2 Å². The molecule has 0 fully saturated rings. The number of benzene rings is 2.